The van der Waals surface area contributed by atoms with E-state index in [1.54, 1.807) is 10.9 Å². The summed E-state index contributed by atoms with van der Waals surface area (Å²) >= 11 is 0. The number of rotatable bonds is 0. The third-order valence-electron chi connectivity index (χ3n) is 5.02. The number of benzene rings is 3. The first-order chi connectivity index (χ1) is 10.3. The van der Waals surface area contributed by atoms with Crippen LogP contribution in [-0.4, -0.2) is 14.6 Å². The Bertz CT molecular complexity index is 909. The normalized spacial score (nSPS) is 12.8. The molecule has 3 aromatic carbocycles. The highest BCUT2D eigenvalue weighted by atomic mass is 14.2. The summed E-state index contributed by atoms with van der Waals surface area (Å²) in [6.45, 7) is 2.18. The van der Waals surface area contributed by atoms with E-state index in [1.807, 2.05) is 0 Å². The summed E-state index contributed by atoms with van der Waals surface area (Å²) in [7, 11) is 2.20. The van der Waals surface area contributed by atoms with E-state index >= 15 is 0 Å². The average molecular weight is 264 g/mol. The van der Waals surface area contributed by atoms with E-state index < -0.39 is 0 Å². The van der Waals surface area contributed by atoms with Crippen molar-refractivity contribution < 1.29 is 0 Å². The number of aryl methyl sites for hydroxylation is 1. The fraction of sp³-hybridized carbons (Fsp3) is 0.0526. The van der Waals surface area contributed by atoms with Gasteiger partial charge >= 0.3 is 0 Å². The second-order valence-corrected chi connectivity index (χ2v) is 6.29. The molecule has 0 nitrogen and oxygen atoms in total. The van der Waals surface area contributed by atoms with Crippen molar-refractivity contribution in [1.82, 2.24) is 0 Å². The van der Waals surface area contributed by atoms with Gasteiger partial charge in [0.1, 0.15) is 0 Å². The van der Waals surface area contributed by atoms with Crippen LogP contribution in [0.4, 0.5) is 0 Å². The average Bonchev–Trinajstić information content (AvgIpc) is 3.04. The summed E-state index contributed by atoms with van der Waals surface area (Å²) in [5, 5.41) is 0. The molecule has 2 heterocycles. The minimum absolute atomic E-state index is 1.10. The Kier molecular flexibility index (Phi) is 2.13. The minimum atomic E-state index is 1.10. The van der Waals surface area contributed by atoms with Gasteiger partial charge in [0.15, 0.2) is 14.6 Å². The topological polar surface area (TPSA) is 0 Å². The Morgan fingerprint density at radius 1 is 0.619 bits per heavy atom. The van der Waals surface area contributed by atoms with Gasteiger partial charge in [0.05, 0.1) is 0 Å². The zero-order valence-corrected chi connectivity index (χ0v) is 12.1. The summed E-state index contributed by atoms with van der Waals surface area (Å²) < 4.78 is 0. The molecule has 0 saturated carbocycles. The van der Waals surface area contributed by atoms with Gasteiger partial charge in [-0.05, 0) is 29.2 Å². The highest BCUT2D eigenvalue weighted by Gasteiger charge is 2.28. The lowest BCUT2D eigenvalue weighted by Gasteiger charge is -2.08. The molecule has 3 aromatic rings. The maximum absolute atomic E-state index is 2.35. The molecule has 0 aliphatic carbocycles. The molecule has 5 rings (SSSR count). The SMILES string of the molecule is Cc1ccc2c(c1)Bc1c-2ccc2c1Bc1ccccc1-2. The summed E-state index contributed by atoms with van der Waals surface area (Å²) in [6.07, 6.45) is 0. The van der Waals surface area contributed by atoms with E-state index in [1.165, 1.54) is 38.7 Å². The number of fused-ring (bicyclic) bond motifs is 7. The van der Waals surface area contributed by atoms with E-state index in [4.69, 9.17) is 0 Å². The second-order valence-electron chi connectivity index (χ2n) is 6.29. The van der Waals surface area contributed by atoms with Gasteiger partial charge < -0.3 is 0 Å². The highest BCUT2D eigenvalue weighted by Crippen LogP contribution is 2.25. The molecular formula is C19H14B2. The molecule has 0 fully saturated rings. The van der Waals surface area contributed by atoms with Crippen LogP contribution in [0.1, 0.15) is 5.56 Å². The van der Waals surface area contributed by atoms with Crippen LogP contribution < -0.4 is 21.9 Å². The molecule has 0 N–H and O–H groups in total. The fourth-order valence-corrected chi connectivity index (χ4v) is 4.05. The first-order valence-corrected chi connectivity index (χ1v) is 7.64. The zero-order chi connectivity index (χ0) is 14.0. The lowest BCUT2D eigenvalue weighted by Crippen LogP contribution is -2.39. The molecule has 2 aliphatic heterocycles. The van der Waals surface area contributed by atoms with Gasteiger partial charge in [-0.25, -0.2) is 0 Å². The van der Waals surface area contributed by atoms with Crippen LogP contribution in [0.5, 0.6) is 0 Å². The standard InChI is InChI=1S/C19H14B2/c1-11-6-7-13-15-9-8-14-12-4-2-3-5-16(12)20-18(14)19(15)21-17(13)10-11/h2-10,20-21H,1H3. The molecular weight excluding hydrogens is 250 g/mol. The van der Waals surface area contributed by atoms with E-state index in [0.717, 1.165) is 14.6 Å². The van der Waals surface area contributed by atoms with Gasteiger partial charge in [0.2, 0.25) is 0 Å². The van der Waals surface area contributed by atoms with Crippen molar-refractivity contribution in [2.75, 3.05) is 0 Å². The van der Waals surface area contributed by atoms with Crippen LogP contribution >= 0.6 is 0 Å². The van der Waals surface area contributed by atoms with Crippen LogP contribution in [0.25, 0.3) is 22.3 Å². The Morgan fingerprint density at radius 2 is 1.24 bits per heavy atom. The Morgan fingerprint density at radius 3 is 2.05 bits per heavy atom. The maximum atomic E-state index is 2.35. The van der Waals surface area contributed by atoms with Crippen LogP contribution in [-0.2, 0) is 0 Å². The monoisotopic (exact) mass is 264 g/mol. The fourth-order valence-electron chi connectivity index (χ4n) is 4.05. The first kappa shape index (κ1) is 11.4. The van der Waals surface area contributed by atoms with Crippen molar-refractivity contribution >= 4 is 36.4 Å². The van der Waals surface area contributed by atoms with E-state index in [9.17, 15) is 0 Å². The predicted molar refractivity (Wildman–Crippen MR) is 94.9 cm³/mol. The van der Waals surface area contributed by atoms with Crippen LogP contribution in [0, 0.1) is 6.92 Å². The molecule has 0 aromatic heterocycles. The molecule has 2 heteroatoms. The summed E-state index contributed by atoms with van der Waals surface area (Å²) in [6, 6.07) is 20.4. The van der Waals surface area contributed by atoms with Gasteiger partial charge in [0, 0.05) is 0 Å². The molecule has 0 saturated heterocycles. The molecule has 0 unspecified atom stereocenters. The molecule has 0 atom stereocenters. The third kappa shape index (κ3) is 1.48. The van der Waals surface area contributed by atoms with Crippen molar-refractivity contribution in [3.05, 3.63) is 60.2 Å². The summed E-state index contributed by atoms with van der Waals surface area (Å²) in [4.78, 5) is 0. The molecule has 21 heavy (non-hydrogen) atoms. The van der Waals surface area contributed by atoms with E-state index in [2.05, 4.69) is 61.5 Å². The third-order valence-corrected chi connectivity index (χ3v) is 5.02. The van der Waals surface area contributed by atoms with Gasteiger partial charge in [-0.3, -0.25) is 0 Å². The lowest BCUT2D eigenvalue weighted by molar-refractivity contribution is 1.50. The summed E-state index contributed by atoms with van der Waals surface area (Å²) in [5.41, 5.74) is 13.2. The molecule has 0 amide bonds. The van der Waals surface area contributed by atoms with Crippen LogP contribution in [0.3, 0.4) is 0 Å². The Hall–Kier alpha value is -2.21. The second kappa shape index (κ2) is 3.92. The van der Waals surface area contributed by atoms with Gasteiger partial charge in [0.25, 0.3) is 0 Å². The Balaban J connectivity index is 1.75. The van der Waals surface area contributed by atoms with Gasteiger partial charge in [-0.2, -0.15) is 0 Å². The van der Waals surface area contributed by atoms with Gasteiger partial charge in [-0.1, -0.05) is 82.0 Å². The van der Waals surface area contributed by atoms with Crippen molar-refractivity contribution in [2.24, 2.45) is 0 Å². The van der Waals surface area contributed by atoms with Crippen molar-refractivity contribution in [2.45, 2.75) is 6.92 Å². The Labute approximate surface area is 126 Å². The molecule has 0 radical (unpaired) electrons. The maximum Gasteiger partial charge on any atom is 0.193 e. The zero-order valence-electron chi connectivity index (χ0n) is 12.1. The lowest BCUT2D eigenvalue weighted by atomic mass is 9.57. The number of hydrogen-bond donors (Lipinski definition) is 0. The molecule has 2 aliphatic rings. The van der Waals surface area contributed by atoms with Crippen LogP contribution in [0.15, 0.2) is 54.6 Å². The smallest absolute Gasteiger partial charge is 0.0756 e. The van der Waals surface area contributed by atoms with Gasteiger partial charge in [-0.15, -0.1) is 0 Å². The van der Waals surface area contributed by atoms with Crippen molar-refractivity contribution in [3.8, 4) is 22.3 Å². The largest absolute Gasteiger partial charge is 0.193 e. The minimum Gasteiger partial charge on any atom is -0.0756 e. The predicted octanol–water partition coefficient (Wildman–Crippen LogP) is 0.730. The summed E-state index contributed by atoms with van der Waals surface area (Å²) in [5.74, 6) is 0. The molecule has 96 valence electrons. The number of hydrogen-bond acceptors (Lipinski definition) is 0. The first-order valence-electron chi connectivity index (χ1n) is 7.64. The molecule has 0 bridgehead atoms. The van der Waals surface area contributed by atoms with E-state index in [-0.39, 0.29) is 0 Å². The van der Waals surface area contributed by atoms with Crippen LogP contribution in [0.2, 0.25) is 0 Å². The van der Waals surface area contributed by atoms with Crippen molar-refractivity contribution in [1.29, 1.82) is 0 Å². The highest BCUT2D eigenvalue weighted by molar-refractivity contribution is 6.84. The molecule has 0 spiro atoms. The van der Waals surface area contributed by atoms with E-state index in [0.29, 0.717) is 0 Å². The van der Waals surface area contributed by atoms with Crippen molar-refractivity contribution in [3.63, 3.8) is 0 Å². The quantitative estimate of drug-likeness (QED) is 0.362.